The first kappa shape index (κ1) is 15.7. The number of hydrogen-bond acceptors (Lipinski definition) is 6. The molecule has 0 aromatic carbocycles. The molecule has 2 amide bonds. The van der Waals surface area contributed by atoms with Gasteiger partial charge in [-0.1, -0.05) is 11.8 Å². The zero-order valence-corrected chi connectivity index (χ0v) is 14.2. The van der Waals surface area contributed by atoms with Gasteiger partial charge in [0.2, 0.25) is 17.0 Å². The summed E-state index contributed by atoms with van der Waals surface area (Å²) in [5.41, 5.74) is 0. The van der Waals surface area contributed by atoms with Gasteiger partial charge in [-0.25, -0.2) is 4.98 Å². The third-order valence-electron chi connectivity index (χ3n) is 3.83. The van der Waals surface area contributed by atoms with Gasteiger partial charge in [-0.2, -0.15) is 0 Å². The summed E-state index contributed by atoms with van der Waals surface area (Å²) in [6.45, 7) is 1.82. The lowest BCUT2D eigenvalue weighted by Gasteiger charge is -2.27. The molecule has 7 nitrogen and oxygen atoms in total. The molecule has 2 heterocycles. The van der Waals surface area contributed by atoms with Crippen molar-refractivity contribution in [3.05, 3.63) is 5.82 Å². The molecule has 0 spiro atoms. The van der Waals surface area contributed by atoms with E-state index in [0.717, 1.165) is 18.7 Å². The Balaban J connectivity index is 1.57. The van der Waals surface area contributed by atoms with Gasteiger partial charge >= 0.3 is 0 Å². The van der Waals surface area contributed by atoms with Gasteiger partial charge in [0, 0.05) is 18.8 Å². The minimum atomic E-state index is -0.322. The Bertz CT molecular complexity index is 575. The molecular weight excluding hydrogens is 322 g/mol. The predicted molar refractivity (Wildman–Crippen MR) is 85.6 cm³/mol. The number of aromatic nitrogens is 3. The van der Waals surface area contributed by atoms with E-state index >= 15 is 0 Å². The first-order chi connectivity index (χ1) is 10.6. The number of nitrogens with zero attached hydrogens (tertiary/aromatic N) is 4. The van der Waals surface area contributed by atoms with Gasteiger partial charge in [0.25, 0.3) is 0 Å². The van der Waals surface area contributed by atoms with Crippen LogP contribution in [-0.4, -0.2) is 73.3 Å². The maximum Gasteiger partial charge on any atom is 0.246 e. The second-order valence-electron chi connectivity index (χ2n) is 5.55. The Kier molecular flexibility index (Phi) is 4.62. The van der Waals surface area contributed by atoms with E-state index in [1.165, 1.54) is 11.8 Å². The number of likely N-dealkylation sites (N-methyl/N-ethyl adjacent to an activating group) is 1. The number of carbonyl (C=O) groups is 2. The van der Waals surface area contributed by atoms with Crippen molar-refractivity contribution in [1.82, 2.24) is 25.0 Å². The van der Waals surface area contributed by atoms with Gasteiger partial charge in [0.05, 0.1) is 11.6 Å². The van der Waals surface area contributed by atoms with Crippen LogP contribution >= 0.6 is 23.5 Å². The van der Waals surface area contributed by atoms with E-state index in [1.54, 1.807) is 16.7 Å². The molecule has 0 radical (unpaired) electrons. The lowest BCUT2D eigenvalue weighted by Crippen LogP contribution is -2.48. The Hall–Kier alpha value is -1.22. The lowest BCUT2D eigenvalue weighted by molar-refractivity contribution is -0.141. The molecule has 1 aliphatic carbocycles. The number of aromatic amines is 1. The average Bonchev–Trinajstić information content (AvgIpc) is 3.09. The molecular formula is C13H19N5O2S2. The number of amides is 2. The predicted octanol–water partition coefficient (Wildman–Crippen LogP) is 0.728. The summed E-state index contributed by atoms with van der Waals surface area (Å²) in [6.07, 6.45) is 2.16. The van der Waals surface area contributed by atoms with Crippen molar-refractivity contribution in [3.63, 3.8) is 0 Å². The highest BCUT2D eigenvalue weighted by molar-refractivity contribution is 8.00. The highest BCUT2D eigenvalue weighted by Crippen LogP contribution is 2.29. The molecule has 0 unspecified atom stereocenters. The third-order valence-corrected chi connectivity index (χ3v) is 5.68. The van der Waals surface area contributed by atoms with Crippen LogP contribution in [0.2, 0.25) is 0 Å². The first-order valence-corrected chi connectivity index (χ1v) is 9.36. The minimum absolute atomic E-state index is 0.0278. The lowest BCUT2D eigenvalue weighted by atomic mass is 10.2. The van der Waals surface area contributed by atoms with Gasteiger partial charge in [-0.3, -0.25) is 14.7 Å². The number of thioether (sulfide) groups is 2. The number of hydrogen-bond donors (Lipinski definition) is 1. The SMILES string of the molecule is Cc1nc(SCC(=O)N2CSC[C@@H]2C(=O)N(C)C2CC2)n[nH]1. The third kappa shape index (κ3) is 3.40. The van der Waals surface area contributed by atoms with E-state index in [-0.39, 0.29) is 23.6 Å². The highest BCUT2D eigenvalue weighted by atomic mass is 32.2. The maximum absolute atomic E-state index is 12.5. The zero-order valence-electron chi connectivity index (χ0n) is 12.6. The number of H-pyrrole nitrogens is 1. The van der Waals surface area contributed by atoms with Crippen molar-refractivity contribution in [2.45, 2.75) is 37.0 Å². The minimum Gasteiger partial charge on any atom is -0.341 e. The van der Waals surface area contributed by atoms with Crippen LogP contribution in [0.5, 0.6) is 0 Å². The molecule has 120 valence electrons. The van der Waals surface area contributed by atoms with Crippen LogP contribution in [-0.2, 0) is 9.59 Å². The fraction of sp³-hybridized carbons (Fsp3) is 0.692. The molecule has 3 rings (SSSR count). The van der Waals surface area contributed by atoms with Crippen LogP contribution < -0.4 is 0 Å². The van der Waals surface area contributed by atoms with Crippen molar-refractivity contribution in [2.75, 3.05) is 24.4 Å². The van der Waals surface area contributed by atoms with Crippen LogP contribution in [0.15, 0.2) is 5.16 Å². The largest absolute Gasteiger partial charge is 0.341 e. The van der Waals surface area contributed by atoms with Gasteiger partial charge < -0.3 is 9.80 Å². The average molecular weight is 341 g/mol. The second kappa shape index (κ2) is 6.49. The van der Waals surface area contributed by atoms with Crippen LogP contribution in [0, 0.1) is 6.92 Å². The molecule has 1 aromatic heterocycles. The normalized spacial score (nSPS) is 21.2. The van der Waals surface area contributed by atoms with Gasteiger partial charge in [0.1, 0.15) is 11.9 Å². The maximum atomic E-state index is 12.5. The second-order valence-corrected chi connectivity index (χ2v) is 7.49. The van der Waals surface area contributed by atoms with Gasteiger partial charge in [-0.05, 0) is 19.8 Å². The van der Waals surface area contributed by atoms with Crippen LogP contribution in [0.1, 0.15) is 18.7 Å². The van der Waals surface area contributed by atoms with Crippen LogP contribution in [0.25, 0.3) is 0 Å². The monoisotopic (exact) mass is 341 g/mol. The molecule has 22 heavy (non-hydrogen) atoms. The highest BCUT2D eigenvalue weighted by Gasteiger charge is 2.39. The molecule has 1 saturated carbocycles. The first-order valence-electron chi connectivity index (χ1n) is 7.22. The fourth-order valence-corrected chi connectivity index (χ4v) is 4.27. The zero-order chi connectivity index (χ0) is 15.7. The van der Waals surface area contributed by atoms with E-state index in [9.17, 15) is 9.59 Å². The van der Waals surface area contributed by atoms with Crippen LogP contribution in [0.3, 0.4) is 0 Å². The molecule has 9 heteroatoms. The van der Waals surface area contributed by atoms with Crippen molar-refractivity contribution < 1.29 is 9.59 Å². The molecule has 2 fully saturated rings. The number of carbonyl (C=O) groups excluding carboxylic acids is 2. The summed E-state index contributed by atoms with van der Waals surface area (Å²) >= 11 is 2.93. The molecule has 2 aliphatic rings. The van der Waals surface area contributed by atoms with E-state index < -0.39 is 0 Å². The summed E-state index contributed by atoms with van der Waals surface area (Å²) in [5.74, 6) is 2.30. The summed E-state index contributed by atoms with van der Waals surface area (Å²) in [7, 11) is 1.84. The Labute approximate surface area is 137 Å². The Morgan fingerprint density at radius 1 is 1.50 bits per heavy atom. The number of nitrogens with one attached hydrogen (secondary N) is 1. The summed E-state index contributed by atoms with van der Waals surface area (Å²) in [6, 6.07) is 0.0539. The quantitative estimate of drug-likeness (QED) is 0.795. The molecule has 1 aromatic rings. The molecule has 0 bridgehead atoms. The molecule has 1 saturated heterocycles. The van der Waals surface area contributed by atoms with E-state index in [4.69, 9.17) is 0 Å². The standard InChI is InChI=1S/C13H19N5O2S2/c1-8-14-13(16-15-8)22-6-11(19)18-7-21-5-10(18)12(20)17(2)9-3-4-9/h9-10H,3-7H2,1-2H3,(H,14,15,16)/t10-/m1/s1. The smallest absolute Gasteiger partial charge is 0.246 e. The van der Waals surface area contributed by atoms with Crippen molar-refractivity contribution in [2.24, 2.45) is 0 Å². The van der Waals surface area contributed by atoms with E-state index in [0.29, 0.717) is 22.8 Å². The van der Waals surface area contributed by atoms with Gasteiger partial charge in [0.15, 0.2) is 0 Å². The number of rotatable bonds is 5. The summed E-state index contributed by atoms with van der Waals surface area (Å²) in [4.78, 5) is 32.6. The van der Waals surface area contributed by atoms with Crippen molar-refractivity contribution in [1.29, 1.82) is 0 Å². The van der Waals surface area contributed by atoms with Crippen molar-refractivity contribution >= 4 is 35.3 Å². The summed E-state index contributed by atoms with van der Waals surface area (Å²) in [5, 5.41) is 7.32. The van der Waals surface area contributed by atoms with Crippen LogP contribution in [0.4, 0.5) is 0 Å². The topological polar surface area (TPSA) is 82.2 Å². The Morgan fingerprint density at radius 3 is 2.91 bits per heavy atom. The fourth-order valence-electron chi connectivity index (χ4n) is 2.37. The molecule has 1 atom stereocenters. The Morgan fingerprint density at radius 2 is 2.27 bits per heavy atom. The van der Waals surface area contributed by atoms with Gasteiger partial charge in [-0.15, -0.1) is 16.9 Å². The molecule has 1 aliphatic heterocycles. The summed E-state index contributed by atoms with van der Waals surface area (Å²) < 4.78 is 0. The van der Waals surface area contributed by atoms with E-state index in [2.05, 4.69) is 15.2 Å². The molecule has 1 N–H and O–H groups in total. The van der Waals surface area contributed by atoms with Crippen molar-refractivity contribution in [3.8, 4) is 0 Å². The van der Waals surface area contributed by atoms with E-state index in [1.807, 2.05) is 18.9 Å². The number of aryl methyl sites for hydroxylation is 1.